The van der Waals surface area contributed by atoms with Crippen LogP contribution in [-0.2, 0) is 16.1 Å². The molecule has 7 heteroatoms. The van der Waals surface area contributed by atoms with E-state index in [4.69, 9.17) is 4.74 Å². The molecule has 7 nitrogen and oxygen atoms in total. The fraction of sp³-hybridized carbons (Fsp3) is 0.517. The highest BCUT2D eigenvalue weighted by molar-refractivity contribution is 5.83. The highest BCUT2D eigenvalue weighted by Crippen LogP contribution is 2.29. The fourth-order valence-electron chi connectivity index (χ4n) is 4.68. The Balaban J connectivity index is 1.64. The first-order chi connectivity index (χ1) is 17.1. The number of nitrogens with one attached hydrogen (secondary N) is 1. The zero-order valence-corrected chi connectivity index (χ0v) is 21.8. The number of ether oxygens (including phenoxy) is 1. The van der Waals surface area contributed by atoms with Gasteiger partial charge in [0.2, 0.25) is 5.91 Å². The predicted molar refractivity (Wildman–Crippen MR) is 141 cm³/mol. The Labute approximate surface area is 214 Å². The summed E-state index contributed by atoms with van der Waals surface area (Å²) < 4.78 is 5.67. The highest BCUT2D eigenvalue weighted by atomic mass is 16.5. The second-order valence-corrected chi connectivity index (χ2v) is 10.3. The molecule has 3 N–H and O–H groups in total. The van der Waals surface area contributed by atoms with E-state index in [1.54, 1.807) is 0 Å². The van der Waals surface area contributed by atoms with E-state index in [0.29, 0.717) is 31.6 Å². The summed E-state index contributed by atoms with van der Waals surface area (Å²) in [6, 6.07) is 15.5. The van der Waals surface area contributed by atoms with Gasteiger partial charge in [0.05, 0.1) is 18.2 Å². The number of carbonyl (C=O) groups is 2. The molecule has 0 radical (unpaired) electrons. The van der Waals surface area contributed by atoms with Gasteiger partial charge in [-0.05, 0) is 80.8 Å². The van der Waals surface area contributed by atoms with Crippen molar-refractivity contribution in [3.05, 3.63) is 59.7 Å². The van der Waals surface area contributed by atoms with Gasteiger partial charge in [-0.25, -0.2) is 0 Å². The number of rotatable bonds is 10. The second kappa shape index (κ2) is 12.8. The molecule has 2 aromatic carbocycles. The lowest BCUT2D eigenvalue weighted by molar-refractivity contribution is -0.147. The molecule has 0 aliphatic heterocycles. The van der Waals surface area contributed by atoms with E-state index in [1.165, 1.54) is 10.5 Å². The van der Waals surface area contributed by atoms with Crippen molar-refractivity contribution in [3.8, 4) is 5.75 Å². The molecular weight excluding hydrogens is 456 g/mol. The number of aliphatic hydroxyl groups is 1. The Hall–Kier alpha value is -3.06. The molecule has 0 bridgehead atoms. The van der Waals surface area contributed by atoms with Gasteiger partial charge in [0.25, 0.3) is 0 Å². The minimum absolute atomic E-state index is 0.0595. The standard InChI is InChI=1S/C29H40N2O5/c1-19(2)22-7-11-24(12-8-22)30-26-15-9-23(10-16-27(26)32)29(35)31(18-28(33)34)17-21-5-13-25(14-6-21)36-20(3)4/h5-8,11-14,19-20,23,26-27,30,32H,9-10,15-18H2,1-4H3,(H,33,34)/t23-,26+,27+/m1/s1. The van der Waals surface area contributed by atoms with Crippen LogP contribution >= 0.6 is 0 Å². The van der Waals surface area contributed by atoms with Gasteiger partial charge in [-0.3, -0.25) is 9.59 Å². The van der Waals surface area contributed by atoms with Gasteiger partial charge in [-0.15, -0.1) is 0 Å². The van der Waals surface area contributed by atoms with Crippen LogP contribution in [0.1, 0.15) is 70.4 Å². The second-order valence-electron chi connectivity index (χ2n) is 10.3. The average Bonchev–Trinajstić information content (AvgIpc) is 3.00. The quantitative estimate of drug-likeness (QED) is 0.399. The van der Waals surface area contributed by atoms with E-state index in [-0.39, 0.29) is 37.1 Å². The lowest BCUT2D eigenvalue weighted by atomic mass is 9.98. The van der Waals surface area contributed by atoms with Crippen molar-refractivity contribution in [3.63, 3.8) is 0 Å². The third kappa shape index (κ3) is 7.98. The Morgan fingerprint density at radius 2 is 1.61 bits per heavy atom. The van der Waals surface area contributed by atoms with E-state index in [2.05, 4.69) is 31.3 Å². The number of carboxylic acids is 1. The molecule has 1 amide bonds. The molecule has 1 fully saturated rings. The SMILES string of the molecule is CC(C)Oc1ccc(CN(CC(=O)O)C(=O)[C@@H]2CC[C@H](Nc3ccc(C(C)C)cc3)[C@@H](O)CC2)cc1. The van der Waals surface area contributed by atoms with E-state index < -0.39 is 12.1 Å². The number of anilines is 1. The molecule has 0 spiro atoms. The summed E-state index contributed by atoms with van der Waals surface area (Å²) in [4.78, 5) is 26.4. The topological polar surface area (TPSA) is 99.1 Å². The normalized spacial score (nSPS) is 20.1. The van der Waals surface area contributed by atoms with Crippen LogP contribution in [0.15, 0.2) is 48.5 Å². The maximum Gasteiger partial charge on any atom is 0.323 e. The van der Waals surface area contributed by atoms with Crippen LogP contribution in [0.2, 0.25) is 0 Å². The van der Waals surface area contributed by atoms with Crippen molar-refractivity contribution in [1.82, 2.24) is 4.90 Å². The van der Waals surface area contributed by atoms with Gasteiger partial charge < -0.3 is 25.2 Å². The molecule has 0 heterocycles. The Bertz CT molecular complexity index is 988. The minimum Gasteiger partial charge on any atom is -0.491 e. The zero-order valence-electron chi connectivity index (χ0n) is 21.8. The number of hydrogen-bond donors (Lipinski definition) is 3. The third-order valence-corrected chi connectivity index (χ3v) is 6.69. The van der Waals surface area contributed by atoms with Crippen molar-refractivity contribution in [2.75, 3.05) is 11.9 Å². The van der Waals surface area contributed by atoms with Crippen LogP contribution in [0.3, 0.4) is 0 Å². The summed E-state index contributed by atoms with van der Waals surface area (Å²) in [7, 11) is 0. The van der Waals surface area contributed by atoms with Gasteiger partial charge >= 0.3 is 5.97 Å². The van der Waals surface area contributed by atoms with Crippen LogP contribution in [0.25, 0.3) is 0 Å². The van der Waals surface area contributed by atoms with E-state index in [1.807, 2.05) is 50.2 Å². The summed E-state index contributed by atoms with van der Waals surface area (Å²) in [5.41, 5.74) is 3.05. The maximum atomic E-state index is 13.4. The highest BCUT2D eigenvalue weighted by Gasteiger charge is 2.32. The molecule has 1 saturated carbocycles. The van der Waals surface area contributed by atoms with E-state index >= 15 is 0 Å². The number of hydrogen-bond acceptors (Lipinski definition) is 5. The van der Waals surface area contributed by atoms with Crippen molar-refractivity contribution in [2.24, 2.45) is 5.92 Å². The van der Waals surface area contributed by atoms with E-state index in [9.17, 15) is 19.8 Å². The van der Waals surface area contributed by atoms with Crippen molar-refractivity contribution in [2.45, 2.75) is 84.1 Å². The summed E-state index contributed by atoms with van der Waals surface area (Å²) in [6.07, 6.45) is 1.72. The molecule has 196 valence electrons. The Morgan fingerprint density at radius 3 is 2.19 bits per heavy atom. The number of aliphatic carboxylic acids is 1. The summed E-state index contributed by atoms with van der Waals surface area (Å²) in [6.45, 7) is 8.07. The van der Waals surface area contributed by atoms with Crippen LogP contribution in [0.4, 0.5) is 5.69 Å². The molecule has 3 rings (SSSR count). The third-order valence-electron chi connectivity index (χ3n) is 6.69. The van der Waals surface area contributed by atoms with Gasteiger partial charge in [0, 0.05) is 18.2 Å². The van der Waals surface area contributed by atoms with Gasteiger partial charge in [0.1, 0.15) is 12.3 Å². The number of carbonyl (C=O) groups excluding carboxylic acids is 1. The van der Waals surface area contributed by atoms with Crippen molar-refractivity contribution in [1.29, 1.82) is 0 Å². The van der Waals surface area contributed by atoms with Crippen molar-refractivity contribution < 1.29 is 24.5 Å². The molecule has 3 atom stereocenters. The fourth-order valence-corrected chi connectivity index (χ4v) is 4.68. The van der Waals surface area contributed by atoms with Gasteiger partial charge in [-0.2, -0.15) is 0 Å². The summed E-state index contributed by atoms with van der Waals surface area (Å²) in [5, 5.41) is 23.6. The summed E-state index contributed by atoms with van der Waals surface area (Å²) >= 11 is 0. The molecule has 2 aromatic rings. The zero-order chi connectivity index (χ0) is 26.2. The van der Waals surface area contributed by atoms with Crippen LogP contribution < -0.4 is 10.1 Å². The number of amides is 1. The average molecular weight is 497 g/mol. The molecule has 0 unspecified atom stereocenters. The van der Waals surface area contributed by atoms with Crippen molar-refractivity contribution >= 4 is 17.6 Å². The molecule has 36 heavy (non-hydrogen) atoms. The van der Waals surface area contributed by atoms with Crippen LogP contribution in [0.5, 0.6) is 5.75 Å². The first-order valence-corrected chi connectivity index (χ1v) is 12.9. The maximum absolute atomic E-state index is 13.4. The van der Waals surface area contributed by atoms with Gasteiger partial charge in [0.15, 0.2) is 0 Å². The Kier molecular flexibility index (Phi) is 9.76. The lowest BCUT2D eigenvalue weighted by Gasteiger charge is -2.26. The molecule has 1 aliphatic rings. The molecular formula is C29H40N2O5. The number of aliphatic hydroxyl groups excluding tert-OH is 1. The Morgan fingerprint density at radius 1 is 0.972 bits per heavy atom. The smallest absolute Gasteiger partial charge is 0.323 e. The van der Waals surface area contributed by atoms with Crippen LogP contribution in [-0.4, -0.2) is 51.8 Å². The molecule has 0 saturated heterocycles. The van der Waals surface area contributed by atoms with E-state index in [0.717, 1.165) is 17.0 Å². The largest absolute Gasteiger partial charge is 0.491 e. The molecule has 1 aliphatic carbocycles. The lowest BCUT2D eigenvalue weighted by Crippen LogP contribution is -2.39. The molecule has 0 aromatic heterocycles. The monoisotopic (exact) mass is 496 g/mol. The number of nitrogens with zero attached hydrogens (tertiary/aromatic N) is 1. The first kappa shape index (κ1) is 27.5. The minimum atomic E-state index is -1.04. The van der Waals surface area contributed by atoms with Crippen LogP contribution in [0, 0.1) is 5.92 Å². The van der Waals surface area contributed by atoms with Gasteiger partial charge in [-0.1, -0.05) is 38.1 Å². The predicted octanol–water partition coefficient (Wildman–Crippen LogP) is 5.04. The number of benzene rings is 2. The number of carboxylic acid groups (broad SMARTS) is 1. The summed E-state index contributed by atoms with van der Waals surface area (Å²) in [5.74, 6) is -0.345. The first-order valence-electron chi connectivity index (χ1n) is 12.9.